The second-order valence-electron chi connectivity index (χ2n) is 6.25. The van der Waals surface area contributed by atoms with Crippen molar-refractivity contribution in [3.8, 4) is 0 Å². The monoisotopic (exact) mass is 210 g/mol. The zero-order chi connectivity index (χ0) is 11.1. The zero-order valence-electron chi connectivity index (χ0n) is 10.5. The van der Waals surface area contributed by atoms with E-state index in [1.54, 1.807) is 0 Å². The summed E-state index contributed by atoms with van der Waals surface area (Å²) < 4.78 is 0. The summed E-state index contributed by atoms with van der Waals surface area (Å²) in [6.07, 6.45) is 7.35. The number of rotatable bonds is 1. The summed E-state index contributed by atoms with van der Waals surface area (Å²) in [5, 5.41) is 10.8. The molecular weight excluding hydrogens is 184 g/mol. The zero-order valence-corrected chi connectivity index (χ0v) is 10.5. The van der Waals surface area contributed by atoms with Crippen LogP contribution in [0.15, 0.2) is 0 Å². The first-order valence-electron chi connectivity index (χ1n) is 6.76. The largest absolute Gasteiger partial charge is 0.389 e. The van der Waals surface area contributed by atoms with Gasteiger partial charge in [-0.2, -0.15) is 0 Å². The lowest BCUT2D eigenvalue weighted by Crippen LogP contribution is -2.43. The predicted molar refractivity (Wildman–Crippen MR) is 63.6 cm³/mol. The van der Waals surface area contributed by atoms with Crippen molar-refractivity contribution >= 4 is 0 Å². The van der Waals surface area contributed by atoms with E-state index in [1.165, 1.54) is 32.1 Å². The molecule has 0 heterocycles. The summed E-state index contributed by atoms with van der Waals surface area (Å²) in [5.74, 6) is 2.78. The Hall–Kier alpha value is -0.0400. The molecule has 0 aromatic heterocycles. The third-order valence-corrected chi connectivity index (χ3v) is 5.37. The average Bonchev–Trinajstić information content (AvgIpc) is 2.53. The van der Waals surface area contributed by atoms with Crippen molar-refractivity contribution in [2.24, 2.45) is 23.7 Å². The molecule has 1 heteroatoms. The predicted octanol–water partition coefficient (Wildman–Crippen LogP) is 3.61. The van der Waals surface area contributed by atoms with Gasteiger partial charge < -0.3 is 5.11 Å². The fourth-order valence-electron chi connectivity index (χ4n) is 3.80. The van der Waals surface area contributed by atoms with E-state index in [1.807, 2.05) is 0 Å². The van der Waals surface area contributed by atoms with Crippen LogP contribution in [0.3, 0.4) is 0 Å². The molecule has 2 fully saturated rings. The highest BCUT2D eigenvalue weighted by atomic mass is 16.3. The van der Waals surface area contributed by atoms with Crippen molar-refractivity contribution in [1.82, 2.24) is 0 Å². The molecule has 15 heavy (non-hydrogen) atoms. The molecular formula is C14H26O. The van der Waals surface area contributed by atoms with E-state index in [2.05, 4.69) is 20.8 Å². The van der Waals surface area contributed by atoms with Gasteiger partial charge in [0.2, 0.25) is 0 Å². The van der Waals surface area contributed by atoms with Crippen LogP contribution in [0.2, 0.25) is 0 Å². The van der Waals surface area contributed by atoms with Gasteiger partial charge in [-0.25, -0.2) is 0 Å². The molecule has 2 rings (SSSR count). The highest BCUT2D eigenvalue weighted by Crippen LogP contribution is 2.48. The third kappa shape index (κ3) is 1.95. The fourth-order valence-corrected chi connectivity index (χ4v) is 3.80. The molecule has 0 aromatic rings. The maximum absolute atomic E-state index is 10.8. The van der Waals surface area contributed by atoms with Crippen molar-refractivity contribution in [1.29, 1.82) is 0 Å². The first-order valence-corrected chi connectivity index (χ1v) is 6.76. The highest BCUT2D eigenvalue weighted by Gasteiger charge is 2.46. The molecule has 5 atom stereocenters. The second kappa shape index (κ2) is 4.08. The number of hydrogen-bond donors (Lipinski definition) is 1. The minimum absolute atomic E-state index is 0.311. The molecule has 1 N–H and O–H groups in total. The Morgan fingerprint density at radius 3 is 2.27 bits per heavy atom. The topological polar surface area (TPSA) is 20.2 Å². The molecule has 0 aromatic carbocycles. The van der Waals surface area contributed by atoms with Gasteiger partial charge in [0, 0.05) is 0 Å². The van der Waals surface area contributed by atoms with E-state index in [0.29, 0.717) is 11.8 Å². The molecule has 0 amide bonds. The molecule has 88 valence electrons. The van der Waals surface area contributed by atoms with Gasteiger partial charge in [-0.3, -0.25) is 0 Å². The molecule has 1 nitrogen and oxygen atoms in total. The van der Waals surface area contributed by atoms with Crippen LogP contribution in [0.25, 0.3) is 0 Å². The van der Waals surface area contributed by atoms with Crippen LogP contribution in [0.5, 0.6) is 0 Å². The van der Waals surface area contributed by atoms with Gasteiger partial charge >= 0.3 is 0 Å². The number of aliphatic hydroxyl groups is 1. The molecule has 0 aliphatic heterocycles. The Morgan fingerprint density at radius 2 is 1.73 bits per heavy atom. The van der Waals surface area contributed by atoms with E-state index < -0.39 is 0 Å². The first-order chi connectivity index (χ1) is 7.04. The normalized spacial score (nSPS) is 52.0. The Morgan fingerprint density at radius 1 is 1.00 bits per heavy atom. The van der Waals surface area contributed by atoms with Crippen LogP contribution >= 0.6 is 0 Å². The fraction of sp³-hybridized carbons (Fsp3) is 1.00. The summed E-state index contributed by atoms with van der Waals surface area (Å²) in [7, 11) is 0. The molecule has 5 unspecified atom stereocenters. The summed E-state index contributed by atoms with van der Waals surface area (Å²) in [6.45, 7) is 6.97. The van der Waals surface area contributed by atoms with Crippen LogP contribution in [-0.2, 0) is 0 Å². The van der Waals surface area contributed by atoms with E-state index in [0.717, 1.165) is 18.3 Å². The van der Waals surface area contributed by atoms with Gasteiger partial charge in [0.05, 0.1) is 5.60 Å². The Balaban J connectivity index is 2.04. The minimum Gasteiger partial charge on any atom is -0.389 e. The van der Waals surface area contributed by atoms with Gasteiger partial charge in [-0.15, -0.1) is 0 Å². The van der Waals surface area contributed by atoms with Gasteiger partial charge in [0.1, 0.15) is 0 Å². The van der Waals surface area contributed by atoms with Crippen molar-refractivity contribution in [3.63, 3.8) is 0 Å². The second-order valence-corrected chi connectivity index (χ2v) is 6.25. The maximum atomic E-state index is 10.8. The van der Waals surface area contributed by atoms with Crippen LogP contribution in [-0.4, -0.2) is 10.7 Å². The summed E-state index contributed by atoms with van der Waals surface area (Å²) in [4.78, 5) is 0. The molecule has 0 bridgehead atoms. The lowest BCUT2D eigenvalue weighted by atomic mass is 9.67. The molecule has 0 spiro atoms. The Kier molecular flexibility index (Phi) is 3.12. The quantitative estimate of drug-likeness (QED) is 0.701. The highest BCUT2D eigenvalue weighted by molar-refractivity contribution is 4.97. The van der Waals surface area contributed by atoms with E-state index >= 15 is 0 Å². The van der Waals surface area contributed by atoms with Gasteiger partial charge in [-0.05, 0) is 49.4 Å². The molecule has 2 aliphatic rings. The Labute approximate surface area is 94.3 Å². The first kappa shape index (κ1) is 11.4. The van der Waals surface area contributed by atoms with Crippen LogP contribution in [0.1, 0.15) is 59.3 Å². The minimum atomic E-state index is -0.311. The average molecular weight is 210 g/mol. The van der Waals surface area contributed by atoms with Crippen molar-refractivity contribution < 1.29 is 5.11 Å². The van der Waals surface area contributed by atoms with E-state index in [9.17, 15) is 5.11 Å². The maximum Gasteiger partial charge on any atom is 0.0701 e. The summed E-state index contributed by atoms with van der Waals surface area (Å²) in [5.41, 5.74) is -0.311. The summed E-state index contributed by atoms with van der Waals surface area (Å²) in [6, 6.07) is 0. The van der Waals surface area contributed by atoms with Gasteiger partial charge in [0.15, 0.2) is 0 Å². The van der Waals surface area contributed by atoms with Crippen LogP contribution in [0, 0.1) is 23.7 Å². The smallest absolute Gasteiger partial charge is 0.0701 e. The van der Waals surface area contributed by atoms with Crippen molar-refractivity contribution in [2.75, 3.05) is 0 Å². The van der Waals surface area contributed by atoms with Gasteiger partial charge in [0.25, 0.3) is 0 Å². The van der Waals surface area contributed by atoms with E-state index in [-0.39, 0.29) is 5.60 Å². The van der Waals surface area contributed by atoms with Gasteiger partial charge in [-0.1, -0.05) is 33.6 Å². The van der Waals surface area contributed by atoms with E-state index in [4.69, 9.17) is 0 Å². The third-order valence-electron chi connectivity index (χ3n) is 5.37. The lowest BCUT2D eigenvalue weighted by Gasteiger charge is -2.42. The summed E-state index contributed by atoms with van der Waals surface area (Å²) >= 11 is 0. The molecule has 0 radical (unpaired) electrons. The van der Waals surface area contributed by atoms with Crippen LogP contribution < -0.4 is 0 Å². The lowest BCUT2D eigenvalue weighted by molar-refractivity contribution is -0.0705. The van der Waals surface area contributed by atoms with Crippen LogP contribution in [0.4, 0.5) is 0 Å². The molecule has 2 saturated carbocycles. The number of hydrogen-bond acceptors (Lipinski definition) is 1. The Bertz CT molecular complexity index is 225. The molecule has 0 saturated heterocycles. The molecule has 2 aliphatic carbocycles. The standard InChI is InChI=1S/C14H26O/c1-10-6-7-13(9-11(10)2)14(15)8-4-5-12(14)3/h10-13,15H,4-9H2,1-3H3. The SMILES string of the molecule is CC1CCC(C2(O)CCCC2C)CC1C. The van der Waals surface area contributed by atoms with Crippen molar-refractivity contribution in [3.05, 3.63) is 0 Å². The van der Waals surface area contributed by atoms with Crippen molar-refractivity contribution in [2.45, 2.75) is 64.9 Å².